The van der Waals surface area contributed by atoms with Crippen LogP contribution in [0.2, 0.25) is 5.02 Å². The monoisotopic (exact) mass is 306 g/mol. The molecule has 0 bridgehead atoms. The van der Waals surface area contributed by atoms with Gasteiger partial charge in [-0.3, -0.25) is 4.79 Å². The molecule has 0 aliphatic heterocycles. The summed E-state index contributed by atoms with van der Waals surface area (Å²) < 4.78 is 1.74. The van der Waals surface area contributed by atoms with Gasteiger partial charge < -0.3 is 15.0 Å². The Labute approximate surface area is 127 Å². The second kappa shape index (κ2) is 6.01. The lowest BCUT2D eigenvalue weighted by molar-refractivity contribution is 0.0698. The highest BCUT2D eigenvalue weighted by atomic mass is 35.5. The van der Waals surface area contributed by atoms with Gasteiger partial charge in [-0.25, -0.2) is 4.79 Å². The van der Waals surface area contributed by atoms with Crippen molar-refractivity contribution in [1.29, 1.82) is 0 Å². The van der Waals surface area contributed by atoms with Crippen LogP contribution in [-0.4, -0.2) is 21.6 Å². The Balaban J connectivity index is 2.33. The molecular formula is C15H15ClN2O3. The predicted octanol–water partition coefficient (Wildman–Crippen LogP) is 3.67. The number of halogens is 1. The van der Waals surface area contributed by atoms with Gasteiger partial charge in [0.05, 0.1) is 16.3 Å². The predicted molar refractivity (Wildman–Crippen MR) is 81.2 cm³/mol. The molecule has 1 heterocycles. The summed E-state index contributed by atoms with van der Waals surface area (Å²) in [5, 5.41) is 12.2. The first-order valence-corrected chi connectivity index (χ1v) is 6.79. The minimum absolute atomic E-state index is 0.0413. The molecule has 6 heteroatoms. The van der Waals surface area contributed by atoms with E-state index < -0.39 is 11.9 Å². The molecule has 1 aromatic carbocycles. The van der Waals surface area contributed by atoms with E-state index in [-0.39, 0.29) is 17.3 Å². The van der Waals surface area contributed by atoms with Gasteiger partial charge in [-0.05, 0) is 32.0 Å². The molecule has 21 heavy (non-hydrogen) atoms. The van der Waals surface area contributed by atoms with Gasteiger partial charge in [-0.1, -0.05) is 23.7 Å². The molecule has 2 rings (SSSR count). The van der Waals surface area contributed by atoms with E-state index in [1.54, 1.807) is 35.0 Å². The molecular weight excluding hydrogens is 292 g/mol. The van der Waals surface area contributed by atoms with E-state index in [0.29, 0.717) is 10.7 Å². The number of carbonyl (C=O) groups is 2. The number of hydrogen-bond acceptors (Lipinski definition) is 2. The fourth-order valence-electron chi connectivity index (χ4n) is 2.02. The van der Waals surface area contributed by atoms with Crippen molar-refractivity contribution in [3.8, 4) is 0 Å². The number of para-hydroxylation sites is 1. The summed E-state index contributed by atoms with van der Waals surface area (Å²) in [6, 6.07) is 7.87. The molecule has 110 valence electrons. The van der Waals surface area contributed by atoms with E-state index in [1.807, 2.05) is 13.8 Å². The Morgan fingerprint density at radius 2 is 1.95 bits per heavy atom. The average Bonchev–Trinajstić information content (AvgIpc) is 2.81. The number of nitrogens with zero attached hydrogens (tertiary/aromatic N) is 1. The van der Waals surface area contributed by atoms with Crippen LogP contribution in [0.4, 0.5) is 5.69 Å². The van der Waals surface area contributed by atoms with Gasteiger partial charge in [-0.15, -0.1) is 0 Å². The number of aromatic nitrogens is 1. The maximum atomic E-state index is 12.3. The van der Waals surface area contributed by atoms with Crippen LogP contribution in [0.1, 0.15) is 40.7 Å². The normalized spacial score (nSPS) is 10.7. The number of carboxylic acids is 1. The van der Waals surface area contributed by atoms with Crippen molar-refractivity contribution in [3.05, 3.63) is 52.8 Å². The maximum absolute atomic E-state index is 12.3. The van der Waals surface area contributed by atoms with Crippen molar-refractivity contribution in [3.63, 3.8) is 0 Å². The van der Waals surface area contributed by atoms with Gasteiger partial charge in [0.2, 0.25) is 0 Å². The number of rotatable bonds is 4. The fraction of sp³-hybridized carbons (Fsp3) is 0.200. The lowest BCUT2D eigenvalue weighted by Gasteiger charge is -2.13. The number of carbonyl (C=O) groups excluding carboxylic acids is 1. The minimum Gasteiger partial charge on any atom is -0.478 e. The summed E-state index contributed by atoms with van der Waals surface area (Å²) in [5.41, 5.74) is 0.678. The standard InChI is InChI=1S/C15H15ClN2O3/c1-9(2)18-8-10(16)7-13(18)14(19)17-12-6-4-3-5-11(12)15(20)21/h3-9H,1-2H3,(H,17,19)(H,20,21). The Hall–Kier alpha value is -2.27. The van der Waals surface area contributed by atoms with Crippen LogP contribution in [0, 0.1) is 0 Å². The molecule has 0 saturated carbocycles. The Morgan fingerprint density at radius 1 is 1.29 bits per heavy atom. The molecule has 1 aromatic heterocycles. The van der Waals surface area contributed by atoms with Gasteiger partial charge in [0.25, 0.3) is 5.91 Å². The first-order valence-electron chi connectivity index (χ1n) is 6.41. The maximum Gasteiger partial charge on any atom is 0.337 e. The van der Waals surface area contributed by atoms with E-state index in [4.69, 9.17) is 16.7 Å². The molecule has 0 aliphatic carbocycles. The number of anilines is 1. The van der Waals surface area contributed by atoms with Crippen molar-refractivity contribution < 1.29 is 14.7 Å². The number of nitrogens with one attached hydrogen (secondary N) is 1. The summed E-state index contributed by atoms with van der Waals surface area (Å²) in [6.07, 6.45) is 1.67. The van der Waals surface area contributed by atoms with E-state index in [2.05, 4.69) is 5.32 Å². The van der Waals surface area contributed by atoms with Crippen molar-refractivity contribution in [1.82, 2.24) is 4.57 Å². The van der Waals surface area contributed by atoms with Gasteiger partial charge >= 0.3 is 5.97 Å². The number of hydrogen-bond donors (Lipinski definition) is 2. The zero-order valence-corrected chi connectivity index (χ0v) is 12.4. The Kier molecular flexibility index (Phi) is 4.33. The van der Waals surface area contributed by atoms with Gasteiger partial charge in [-0.2, -0.15) is 0 Å². The smallest absolute Gasteiger partial charge is 0.337 e. The van der Waals surface area contributed by atoms with E-state index in [0.717, 1.165) is 0 Å². The topological polar surface area (TPSA) is 71.3 Å². The summed E-state index contributed by atoms with van der Waals surface area (Å²) in [7, 11) is 0. The molecule has 0 spiro atoms. The van der Waals surface area contributed by atoms with Crippen LogP contribution in [0.3, 0.4) is 0 Å². The molecule has 0 unspecified atom stereocenters. The van der Waals surface area contributed by atoms with E-state index >= 15 is 0 Å². The highest BCUT2D eigenvalue weighted by molar-refractivity contribution is 6.31. The van der Waals surface area contributed by atoms with Crippen molar-refractivity contribution in [2.24, 2.45) is 0 Å². The second-order valence-electron chi connectivity index (χ2n) is 4.85. The molecule has 2 aromatic rings. The third kappa shape index (κ3) is 3.25. The van der Waals surface area contributed by atoms with Crippen LogP contribution in [0.25, 0.3) is 0 Å². The quantitative estimate of drug-likeness (QED) is 0.905. The number of benzene rings is 1. The van der Waals surface area contributed by atoms with Gasteiger partial charge in [0, 0.05) is 12.2 Å². The van der Waals surface area contributed by atoms with E-state index in [9.17, 15) is 9.59 Å². The Morgan fingerprint density at radius 3 is 2.57 bits per heavy atom. The molecule has 0 fully saturated rings. The Bertz CT molecular complexity index is 692. The van der Waals surface area contributed by atoms with Crippen LogP contribution in [0.5, 0.6) is 0 Å². The van der Waals surface area contributed by atoms with Gasteiger partial charge in [0.15, 0.2) is 0 Å². The van der Waals surface area contributed by atoms with Crippen molar-refractivity contribution >= 4 is 29.2 Å². The first-order chi connectivity index (χ1) is 9.90. The molecule has 1 amide bonds. The first kappa shape index (κ1) is 15.1. The zero-order chi connectivity index (χ0) is 15.6. The summed E-state index contributed by atoms with van der Waals surface area (Å²) in [6.45, 7) is 3.86. The largest absolute Gasteiger partial charge is 0.478 e. The van der Waals surface area contributed by atoms with Crippen LogP contribution < -0.4 is 5.32 Å². The minimum atomic E-state index is -1.09. The highest BCUT2D eigenvalue weighted by Crippen LogP contribution is 2.21. The van der Waals surface area contributed by atoms with Gasteiger partial charge in [0.1, 0.15) is 5.69 Å². The lowest BCUT2D eigenvalue weighted by Crippen LogP contribution is -2.19. The lowest BCUT2D eigenvalue weighted by atomic mass is 10.1. The third-order valence-electron chi connectivity index (χ3n) is 3.01. The zero-order valence-electron chi connectivity index (χ0n) is 11.6. The second-order valence-corrected chi connectivity index (χ2v) is 5.29. The number of carboxylic acid groups (broad SMARTS) is 1. The van der Waals surface area contributed by atoms with Crippen molar-refractivity contribution in [2.75, 3.05) is 5.32 Å². The molecule has 5 nitrogen and oxygen atoms in total. The van der Waals surface area contributed by atoms with Crippen LogP contribution >= 0.6 is 11.6 Å². The van der Waals surface area contributed by atoms with Crippen LogP contribution in [-0.2, 0) is 0 Å². The molecule has 2 N–H and O–H groups in total. The number of amides is 1. The highest BCUT2D eigenvalue weighted by Gasteiger charge is 2.17. The van der Waals surface area contributed by atoms with Crippen molar-refractivity contribution in [2.45, 2.75) is 19.9 Å². The van der Waals surface area contributed by atoms with Crippen LogP contribution in [0.15, 0.2) is 36.5 Å². The molecule has 0 aliphatic rings. The molecule has 0 radical (unpaired) electrons. The van der Waals surface area contributed by atoms with E-state index in [1.165, 1.54) is 6.07 Å². The molecule has 0 atom stereocenters. The molecule has 0 saturated heterocycles. The average molecular weight is 307 g/mol. The summed E-state index contributed by atoms with van der Waals surface area (Å²) in [4.78, 5) is 23.5. The summed E-state index contributed by atoms with van der Waals surface area (Å²) in [5.74, 6) is -1.49. The fourth-order valence-corrected chi connectivity index (χ4v) is 2.23. The number of aromatic carboxylic acids is 1. The SMILES string of the molecule is CC(C)n1cc(Cl)cc1C(=O)Nc1ccccc1C(=O)O. The third-order valence-corrected chi connectivity index (χ3v) is 3.22. The summed E-state index contributed by atoms with van der Waals surface area (Å²) >= 11 is 5.94.